The highest BCUT2D eigenvalue weighted by atomic mass is 35.5. The highest BCUT2D eigenvalue weighted by Gasteiger charge is 2.34. The van der Waals surface area contributed by atoms with Crippen LogP contribution in [0.1, 0.15) is 11.5 Å². The van der Waals surface area contributed by atoms with E-state index in [0.29, 0.717) is 30.4 Å². The fraction of sp³-hybridized carbons (Fsp3) is 0.550. The third kappa shape index (κ3) is 4.75. The van der Waals surface area contributed by atoms with Crippen molar-refractivity contribution >= 4 is 33.3 Å². The number of amides is 1. The summed E-state index contributed by atoms with van der Waals surface area (Å²) < 4.78 is 32.3. The molecule has 0 unspecified atom stereocenters. The largest absolute Gasteiger partial charge is 0.360 e. The molecule has 4 heterocycles. The van der Waals surface area contributed by atoms with Crippen molar-refractivity contribution < 1.29 is 17.7 Å². The average Bonchev–Trinajstić information content (AvgIpc) is 3.13. The first-order valence-electron chi connectivity index (χ1n) is 10.6. The number of piperazine rings is 2. The van der Waals surface area contributed by atoms with Crippen LogP contribution in [0.4, 0.5) is 5.82 Å². The number of carbonyl (C=O) groups is 1. The summed E-state index contributed by atoms with van der Waals surface area (Å²) in [6.45, 7) is 7.89. The molecule has 2 aliphatic rings. The van der Waals surface area contributed by atoms with E-state index >= 15 is 0 Å². The van der Waals surface area contributed by atoms with Crippen LogP contribution in [0.15, 0.2) is 27.7 Å². The van der Waals surface area contributed by atoms with Gasteiger partial charge in [0.2, 0.25) is 15.9 Å². The number of sulfonamides is 1. The molecule has 32 heavy (non-hydrogen) atoms. The summed E-state index contributed by atoms with van der Waals surface area (Å²) >= 11 is 5.90. The molecule has 1 amide bonds. The molecule has 0 aromatic carbocycles. The minimum absolute atomic E-state index is 0.0254. The number of pyridine rings is 1. The predicted octanol–water partition coefficient (Wildman–Crippen LogP) is 0.995. The molecule has 2 fully saturated rings. The van der Waals surface area contributed by atoms with Crippen molar-refractivity contribution in [2.45, 2.75) is 18.7 Å². The summed E-state index contributed by atoms with van der Waals surface area (Å²) in [6, 6.07) is 3.73. The molecule has 12 heteroatoms. The fourth-order valence-electron chi connectivity index (χ4n) is 4.13. The SMILES string of the molecule is Cc1noc(C)c1S(=O)(=O)N1CCN(C(=O)CN2CCN(c3ccc(Cl)cn3)CC2)CC1. The number of aryl methyl sites for hydroxylation is 2. The van der Waals surface area contributed by atoms with Crippen molar-refractivity contribution in [3.8, 4) is 0 Å². The zero-order chi connectivity index (χ0) is 22.9. The molecule has 2 aromatic heterocycles. The third-order valence-electron chi connectivity index (χ3n) is 5.92. The Hall–Kier alpha value is -2.21. The second-order valence-electron chi connectivity index (χ2n) is 8.04. The van der Waals surface area contributed by atoms with Gasteiger partial charge in [0.1, 0.15) is 16.4 Å². The van der Waals surface area contributed by atoms with E-state index in [4.69, 9.17) is 16.1 Å². The molecule has 0 spiro atoms. The minimum atomic E-state index is -3.68. The van der Waals surface area contributed by atoms with Crippen LogP contribution in [0, 0.1) is 13.8 Å². The second-order valence-corrected chi connectivity index (χ2v) is 10.3. The van der Waals surface area contributed by atoms with E-state index in [0.717, 1.165) is 32.0 Å². The second kappa shape index (κ2) is 9.34. The Bertz CT molecular complexity index is 1040. The molecule has 0 bridgehead atoms. The first-order chi connectivity index (χ1) is 15.3. The summed E-state index contributed by atoms with van der Waals surface area (Å²) in [6.07, 6.45) is 1.64. The molecule has 0 radical (unpaired) electrons. The molecule has 10 nitrogen and oxygen atoms in total. The van der Waals surface area contributed by atoms with Gasteiger partial charge in [-0.1, -0.05) is 16.8 Å². The number of carbonyl (C=O) groups excluding carboxylic acids is 1. The minimum Gasteiger partial charge on any atom is -0.360 e. The van der Waals surface area contributed by atoms with Crippen molar-refractivity contribution in [2.75, 3.05) is 63.8 Å². The lowest BCUT2D eigenvalue weighted by Gasteiger charge is -2.38. The molecule has 0 atom stereocenters. The van der Waals surface area contributed by atoms with Gasteiger partial charge < -0.3 is 14.3 Å². The fourth-order valence-corrected chi connectivity index (χ4v) is 5.96. The number of rotatable bonds is 5. The molecule has 4 rings (SSSR count). The Morgan fingerprint density at radius 1 is 1.06 bits per heavy atom. The van der Waals surface area contributed by atoms with E-state index in [-0.39, 0.29) is 29.7 Å². The van der Waals surface area contributed by atoms with Crippen LogP contribution in [0.25, 0.3) is 0 Å². The normalized spacial score (nSPS) is 18.8. The lowest BCUT2D eigenvalue weighted by Crippen LogP contribution is -2.54. The highest BCUT2D eigenvalue weighted by Crippen LogP contribution is 2.24. The van der Waals surface area contributed by atoms with Crippen LogP contribution in [0.3, 0.4) is 0 Å². The summed E-state index contributed by atoms with van der Waals surface area (Å²) in [7, 11) is -3.68. The van der Waals surface area contributed by atoms with Crippen molar-refractivity contribution in [1.29, 1.82) is 0 Å². The van der Waals surface area contributed by atoms with Gasteiger partial charge in [-0.25, -0.2) is 13.4 Å². The first kappa shape index (κ1) is 23.0. The van der Waals surface area contributed by atoms with Crippen molar-refractivity contribution in [2.24, 2.45) is 0 Å². The van der Waals surface area contributed by atoms with Gasteiger partial charge in [-0.15, -0.1) is 0 Å². The highest BCUT2D eigenvalue weighted by molar-refractivity contribution is 7.89. The van der Waals surface area contributed by atoms with E-state index in [1.165, 1.54) is 4.31 Å². The van der Waals surface area contributed by atoms with E-state index in [2.05, 4.69) is 19.9 Å². The summed E-state index contributed by atoms with van der Waals surface area (Å²) in [5.41, 5.74) is 0.356. The van der Waals surface area contributed by atoms with E-state index in [1.807, 2.05) is 12.1 Å². The Morgan fingerprint density at radius 3 is 2.31 bits per heavy atom. The third-order valence-corrected chi connectivity index (χ3v) is 8.29. The molecule has 0 N–H and O–H groups in total. The van der Waals surface area contributed by atoms with Crippen LogP contribution >= 0.6 is 11.6 Å². The van der Waals surface area contributed by atoms with Crippen LogP contribution in [0.5, 0.6) is 0 Å². The molecule has 2 aliphatic heterocycles. The predicted molar refractivity (Wildman–Crippen MR) is 119 cm³/mol. The van der Waals surface area contributed by atoms with Gasteiger partial charge in [0.05, 0.1) is 11.6 Å². The molecular formula is C20H27ClN6O4S. The standard InChI is InChI=1S/C20H27ClN6O4S/c1-15-20(16(2)31-23-15)32(29,30)27-11-9-26(10-12-27)19(28)14-24-5-7-25(8-6-24)18-4-3-17(21)13-22-18/h3-4,13H,5-12,14H2,1-2H3. The molecular weight excluding hydrogens is 456 g/mol. The molecule has 0 aliphatic carbocycles. The Morgan fingerprint density at radius 2 is 1.75 bits per heavy atom. The topological polar surface area (TPSA) is 103 Å². The molecule has 2 saturated heterocycles. The maximum Gasteiger partial charge on any atom is 0.248 e. The van der Waals surface area contributed by atoms with Gasteiger partial charge in [0.25, 0.3) is 0 Å². The van der Waals surface area contributed by atoms with Crippen LogP contribution in [-0.4, -0.2) is 97.5 Å². The summed E-state index contributed by atoms with van der Waals surface area (Å²) in [4.78, 5) is 23.3. The average molecular weight is 483 g/mol. The van der Waals surface area contributed by atoms with Gasteiger partial charge in [-0.05, 0) is 26.0 Å². The Kier molecular flexibility index (Phi) is 6.70. The number of halogens is 1. The molecule has 174 valence electrons. The van der Waals surface area contributed by atoms with Gasteiger partial charge in [0.15, 0.2) is 5.76 Å². The Labute approximate surface area is 192 Å². The van der Waals surface area contributed by atoms with Crippen LogP contribution < -0.4 is 4.90 Å². The number of hydrogen-bond acceptors (Lipinski definition) is 8. The zero-order valence-corrected chi connectivity index (χ0v) is 19.8. The number of aromatic nitrogens is 2. The van der Waals surface area contributed by atoms with Crippen molar-refractivity contribution in [3.63, 3.8) is 0 Å². The van der Waals surface area contributed by atoms with Crippen molar-refractivity contribution in [1.82, 2.24) is 24.2 Å². The summed E-state index contributed by atoms with van der Waals surface area (Å²) in [5.74, 6) is 1.20. The van der Waals surface area contributed by atoms with Crippen LogP contribution in [0.2, 0.25) is 5.02 Å². The maximum absolute atomic E-state index is 12.9. The van der Waals surface area contributed by atoms with Gasteiger partial charge >= 0.3 is 0 Å². The first-order valence-corrected chi connectivity index (χ1v) is 12.4. The Balaban J connectivity index is 1.27. The van der Waals surface area contributed by atoms with Crippen molar-refractivity contribution in [3.05, 3.63) is 34.8 Å². The van der Waals surface area contributed by atoms with Crippen LogP contribution in [-0.2, 0) is 14.8 Å². The van der Waals surface area contributed by atoms with E-state index in [9.17, 15) is 13.2 Å². The quantitative estimate of drug-likeness (QED) is 0.621. The van der Waals surface area contributed by atoms with E-state index in [1.54, 1.807) is 24.9 Å². The maximum atomic E-state index is 12.9. The molecule has 2 aromatic rings. The van der Waals surface area contributed by atoms with Gasteiger partial charge in [0, 0.05) is 58.6 Å². The monoisotopic (exact) mass is 482 g/mol. The van der Waals surface area contributed by atoms with Gasteiger partial charge in [-0.2, -0.15) is 4.31 Å². The number of hydrogen-bond donors (Lipinski definition) is 0. The number of nitrogens with zero attached hydrogens (tertiary/aromatic N) is 6. The van der Waals surface area contributed by atoms with Gasteiger partial charge in [-0.3, -0.25) is 9.69 Å². The summed E-state index contributed by atoms with van der Waals surface area (Å²) in [5, 5.41) is 4.36. The molecule has 0 saturated carbocycles. The lowest BCUT2D eigenvalue weighted by atomic mass is 10.3. The number of anilines is 1. The lowest BCUT2D eigenvalue weighted by molar-refractivity contribution is -0.133. The smallest absolute Gasteiger partial charge is 0.248 e. The zero-order valence-electron chi connectivity index (χ0n) is 18.2. The van der Waals surface area contributed by atoms with E-state index < -0.39 is 10.0 Å².